The maximum absolute atomic E-state index is 4.48. The van der Waals surface area contributed by atoms with Gasteiger partial charge >= 0.3 is 0 Å². The molecule has 2 aromatic rings. The first-order valence-corrected chi connectivity index (χ1v) is 12.3. The first-order chi connectivity index (χ1) is 10.9. The van der Waals surface area contributed by atoms with Crippen molar-refractivity contribution in [2.45, 2.75) is 32.6 Å². The van der Waals surface area contributed by atoms with Crippen molar-refractivity contribution in [2.24, 2.45) is 4.99 Å². The molecule has 23 heavy (non-hydrogen) atoms. The lowest BCUT2D eigenvalue weighted by atomic mass is 10.0. The Morgan fingerprint density at radius 3 is 2.61 bits per heavy atom. The number of hydrogen-bond donors (Lipinski definition) is 0. The standard InChI is InChI=1S/C19H22N2SSi/c1-15(21-14-20-13-18-9-11-22-19(18)21)17-7-5-16(6-8-17)10-12-23(2,3)4/h5-9,11,13,15H,14H2,1-4H3/t15-/m0/s1. The Labute approximate surface area is 143 Å². The summed E-state index contributed by atoms with van der Waals surface area (Å²) in [5, 5.41) is 3.45. The Hall–Kier alpha value is -1.83. The van der Waals surface area contributed by atoms with E-state index in [0.717, 1.165) is 12.2 Å². The molecule has 0 bridgehead atoms. The Balaban J connectivity index is 1.80. The lowest BCUT2D eigenvalue weighted by molar-refractivity contribution is 0.682. The lowest BCUT2D eigenvalue weighted by Gasteiger charge is -2.31. The van der Waals surface area contributed by atoms with Gasteiger partial charge < -0.3 is 4.90 Å². The molecule has 1 atom stereocenters. The van der Waals surface area contributed by atoms with E-state index in [1.165, 1.54) is 16.1 Å². The average molecular weight is 339 g/mol. The van der Waals surface area contributed by atoms with Crippen LogP contribution in [0.4, 0.5) is 5.00 Å². The molecule has 118 valence electrons. The Morgan fingerprint density at radius 2 is 1.91 bits per heavy atom. The number of rotatable bonds is 2. The Kier molecular flexibility index (Phi) is 4.43. The number of thiophene rings is 1. The van der Waals surface area contributed by atoms with Crippen molar-refractivity contribution < 1.29 is 0 Å². The van der Waals surface area contributed by atoms with E-state index in [1.54, 1.807) is 11.3 Å². The van der Waals surface area contributed by atoms with E-state index in [9.17, 15) is 0 Å². The van der Waals surface area contributed by atoms with E-state index in [4.69, 9.17) is 0 Å². The molecule has 0 saturated heterocycles. The number of anilines is 1. The van der Waals surface area contributed by atoms with Gasteiger partial charge in [-0.2, -0.15) is 0 Å². The molecule has 2 heterocycles. The second-order valence-corrected chi connectivity index (χ2v) is 12.5. The zero-order valence-corrected chi connectivity index (χ0v) is 15.9. The van der Waals surface area contributed by atoms with Crippen LogP contribution in [0.5, 0.6) is 0 Å². The van der Waals surface area contributed by atoms with Gasteiger partial charge in [-0.25, -0.2) is 0 Å². The molecule has 0 aliphatic carbocycles. The largest absolute Gasteiger partial charge is 0.337 e. The highest BCUT2D eigenvalue weighted by molar-refractivity contribution is 7.14. The zero-order chi connectivity index (χ0) is 16.4. The summed E-state index contributed by atoms with van der Waals surface area (Å²) in [6.45, 7) is 9.78. The first kappa shape index (κ1) is 16.0. The molecule has 1 aliphatic heterocycles. The van der Waals surface area contributed by atoms with Crippen molar-refractivity contribution in [2.75, 3.05) is 11.6 Å². The topological polar surface area (TPSA) is 15.6 Å². The molecule has 1 aliphatic rings. The summed E-state index contributed by atoms with van der Waals surface area (Å²) in [6.07, 6.45) is 1.98. The van der Waals surface area contributed by atoms with Gasteiger partial charge in [0.05, 0.1) is 6.04 Å². The zero-order valence-electron chi connectivity index (χ0n) is 14.1. The van der Waals surface area contributed by atoms with Crippen LogP contribution in [0.15, 0.2) is 40.7 Å². The predicted octanol–water partition coefficient (Wildman–Crippen LogP) is 4.93. The van der Waals surface area contributed by atoms with Crippen LogP contribution in [0, 0.1) is 11.5 Å². The molecular formula is C19H22N2SSi. The van der Waals surface area contributed by atoms with Crippen LogP contribution >= 0.6 is 11.3 Å². The molecule has 0 spiro atoms. The second kappa shape index (κ2) is 6.35. The van der Waals surface area contributed by atoms with Crippen LogP contribution in [-0.2, 0) is 0 Å². The van der Waals surface area contributed by atoms with Crippen LogP contribution in [0.1, 0.15) is 29.7 Å². The highest BCUT2D eigenvalue weighted by atomic mass is 32.1. The summed E-state index contributed by atoms with van der Waals surface area (Å²) in [7, 11) is -1.32. The smallest absolute Gasteiger partial charge is 0.129 e. The molecule has 0 saturated carbocycles. The molecule has 1 aromatic heterocycles. The van der Waals surface area contributed by atoms with Gasteiger partial charge in [0.1, 0.15) is 19.7 Å². The summed E-state index contributed by atoms with van der Waals surface area (Å²) in [4.78, 5) is 6.85. The van der Waals surface area contributed by atoms with E-state index in [-0.39, 0.29) is 0 Å². The van der Waals surface area contributed by atoms with Gasteiger partial charge in [0.15, 0.2) is 0 Å². The minimum absolute atomic E-state index is 0.309. The predicted molar refractivity (Wildman–Crippen MR) is 104 cm³/mol. The fraction of sp³-hybridized carbons (Fsp3) is 0.316. The molecule has 0 N–H and O–H groups in total. The van der Waals surface area contributed by atoms with Gasteiger partial charge in [-0.3, -0.25) is 4.99 Å². The van der Waals surface area contributed by atoms with Gasteiger partial charge in [0, 0.05) is 17.3 Å². The molecule has 0 radical (unpaired) electrons. The average Bonchev–Trinajstić information content (AvgIpc) is 3.00. The van der Waals surface area contributed by atoms with Crippen molar-refractivity contribution in [1.82, 2.24) is 0 Å². The van der Waals surface area contributed by atoms with Crippen LogP contribution < -0.4 is 4.90 Å². The SMILES string of the molecule is C[C@@H](c1ccc(C#C[Si](C)(C)C)cc1)N1CN=Cc2ccsc21. The van der Waals surface area contributed by atoms with E-state index < -0.39 is 8.07 Å². The summed E-state index contributed by atoms with van der Waals surface area (Å²) < 4.78 is 0. The molecular weight excluding hydrogens is 316 g/mol. The van der Waals surface area contributed by atoms with E-state index in [0.29, 0.717) is 6.04 Å². The van der Waals surface area contributed by atoms with Crippen LogP contribution in [-0.4, -0.2) is 21.0 Å². The highest BCUT2D eigenvalue weighted by Gasteiger charge is 2.21. The van der Waals surface area contributed by atoms with Crippen molar-refractivity contribution in [3.8, 4) is 11.5 Å². The Bertz CT molecular complexity index is 772. The summed E-state index contributed by atoms with van der Waals surface area (Å²) in [5.41, 5.74) is 7.06. The lowest BCUT2D eigenvalue weighted by Crippen LogP contribution is -2.29. The first-order valence-electron chi connectivity index (χ1n) is 7.91. The molecule has 3 rings (SSSR count). The van der Waals surface area contributed by atoms with Gasteiger partial charge in [-0.1, -0.05) is 37.7 Å². The third-order valence-corrected chi connectivity index (χ3v) is 5.68. The minimum Gasteiger partial charge on any atom is -0.337 e. The summed E-state index contributed by atoms with van der Waals surface area (Å²) >= 11 is 1.79. The maximum atomic E-state index is 4.48. The van der Waals surface area contributed by atoms with Gasteiger partial charge in [-0.05, 0) is 36.1 Å². The monoisotopic (exact) mass is 338 g/mol. The molecule has 1 aromatic carbocycles. The molecule has 0 amide bonds. The Morgan fingerprint density at radius 1 is 1.17 bits per heavy atom. The molecule has 0 unspecified atom stereocenters. The summed E-state index contributed by atoms with van der Waals surface area (Å²) in [5.74, 6) is 3.32. The van der Waals surface area contributed by atoms with Crippen LogP contribution in [0.2, 0.25) is 19.6 Å². The quantitative estimate of drug-likeness (QED) is 0.560. The highest BCUT2D eigenvalue weighted by Crippen LogP contribution is 2.35. The number of fused-ring (bicyclic) bond motifs is 1. The van der Waals surface area contributed by atoms with Crippen molar-refractivity contribution in [1.29, 1.82) is 0 Å². The third kappa shape index (κ3) is 3.74. The summed E-state index contributed by atoms with van der Waals surface area (Å²) in [6, 6.07) is 11.1. The van der Waals surface area contributed by atoms with Crippen LogP contribution in [0.3, 0.4) is 0 Å². The fourth-order valence-electron chi connectivity index (χ4n) is 2.52. The minimum atomic E-state index is -1.32. The molecule has 0 fully saturated rings. The number of aliphatic imine (C=N–C) groups is 1. The van der Waals surface area contributed by atoms with Gasteiger partial charge in [0.2, 0.25) is 0 Å². The number of nitrogens with zero attached hydrogens (tertiary/aromatic N) is 2. The van der Waals surface area contributed by atoms with E-state index >= 15 is 0 Å². The van der Waals surface area contributed by atoms with Crippen molar-refractivity contribution in [3.63, 3.8) is 0 Å². The van der Waals surface area contributed by atoms with Crippen molar-refractivity contribution in [3.05, 3.63) is 52.4 Å². The van der Waals surface area contributed by atoms with E-state index in [2.05, 4.69) is 83.6 Å². The number of benzene rings is 1. The molecule has 4 heteroatoms. The van der Waals surface area contributed by atoms with E-state index in [1.807, 2.05) is 6.21 Å². The third-order valence-electron chi connectivity index (χ3n) is 3.84. The van der Waals surface area contributed by atoms with Gasteiger partial charge in [-0.15, -0.1) is 16.9 Å². The molecule has 2 nitrogen and oxygen atoms in total. The van der Waals surface area contributed by atoms with Gasteiger partial charge in [0.25, 0.3) is 0 Å². The second-order valence-electron chi connectivity index (χ2n) is 6.90. The van der Waals surface area contributed by atoms with Crippen LogP contribution in [0.25, 0.3) is 0 Å². The van der Waals surface area contributed by atoms with Crippen molar-refractivity contribution >= 4 is 30.6 Å². The fourth-order valence-corrected chi connectivity index (χ4v) is 3.99. The number of hydrogen-bond acceptors (Lipinski definition) is 3. The maximum Gasteiger partial charge on any atom is 0.129 e. The normalized spacial score (nSPS) is 14.9.